The Labute approximate surface area is 228 Å². The molecule has 0 saturated carbocycles. The molecule has 9 heteroatoms. The van der Waals surface area contributed by atoms with E-state index in [1.54, 1.807) is 36.1 Å². The van der Waals surface area contributed by atoms with Crippen LogP contribution in [0.5, 0.6) is 0 Å². The number of halogens is 2. The van der Waals surface area contributed by atoms with Gasteiger partial charge in [-0.25, -0.2) is 9.59 Å². The van der Waals surface area contributed by atoms with Gasteiger partial charge in [-0.3, -0.25) is 14.7 Å². The first kappa shape index (κ1) is 27.2. The molecule has 0 radical (unpaired) electrons. The number of esters is 1. The number of nitrogens with one attached hydrogen (secondary N) is 1. The van der Waals surface area contributed by atoms with Gasteiger partial charge in [0.2, 0.25) is 0 Å². The Hall–Kier alpha value is -2.84. The second-order valence-corrected chi connectivity index (χ2v) is 9.91. The summed E-state index contributed by atoms with van der Waals surface area (Å²) in [5.41, 5.74) is 2.85. The first-order valence-electron chi connectivity index (χ1n) is 12.4. The van der Waals surface area contributed by atoms with Crippen LogP contribution in [0.1, 0.15) is 24.1 Å². The molecule has 0 spiro atoms. The van der Waals surface area contributed by atoms with Gasteiger partial charge in [-0.1, -0.05) is 65.7 Å². The van der Waals surface area contributed by atoms with Crippen LogP contribution < -0.4 is 5.32 Å². The van der Waals surface area contributed by atoms with Crippen molar-refractivity contribution in [3.05, 3.63) is 93.6 Å². The lowest BCUT2D eigenvalue weighted by Gasteiger charge is -2.40. The lowest BCUT2D eigenvalue weighted by atomic mass is 9.94. The van der Waals surface area contributed by atoms with Gasteiger partial charge in [0.25, 0.3) is 0 Å². The number of rotatable bonds is 9. The summed E-state index contributed by atoms with van der Waals surface area (Å²) in [6.45, 7) is 10.8. The third-order valence-corrected chi connectivity index (χ3v) is 7.17. The standard InChI is InChI=1S/C28H32Cl2N4O3/c1-3-12-34-24(19-33-15-13-32(14-16-33)18-20-8-6-5-7-9-20)25(27(35)37-4-2)26(31-28(34)36)22-11-10-21(29)17-23(22)30/h3,5-11,17,26H,1,4,12-16,18-19H2,2H3,(H,31,36)/t26-/m0/s1. The van der Waals surface area contributed by atoms with Crippen molar-refractivity contribution in [2.45, 2.75) is 19.5 Å². The predicted octanol–water partition coefficient (Wildman–Crippen LogP) is 4.88. The lowest BCUT2D eigenvalue weighted by molar-refractivity contribution is -0.139. The molecule has 1 N–H and O–H groups in total. The maximum atomic E-state index is 13.3. The van der Waals surface area contributed by atoms with Gasteiger partial charge in [0.1, 0.15) is 0 Å². The SMILES string of the molecule is C=CCN1C(=O)N[C@@H](c2ccc(Cl)cc2Cl)C(C(=O)OCC)=C1CN1CCN(Cc2ccccc2)CC1. The van der Waals surface area contributed by atoms with Crippen molar-refractivity contribution >= 4 is 35.2 Å². The normalized spacial score (nSPS) is 19.1. The average Bonchev–Trinajstić information content (AvgIpc) is 2.88. The fourth-order valence-electron chi connectivity index (χ4n) is 4.77. The van der Waals surface area contributed by atoms with Crippen molar-refractivity contribution in [2.75, 3.05) is 45.9 Å². The number of nitrogens with zero attached hydrogens (tertiary/aromatic N) is 3. The van der Waals surface area contributed by atoms with Crippen molar-refractivity contribution in [1.82, 2.24) is 20.0 Å². The summed E-state index contributed by atoms with van der Waals surface area (Å²) in [5, 5.41) is 3.78. The van der Waals surface area contributed by atoms with E-state index in [9.17, 15) is 9.59 Å². The van der Waals surface area contributed by atoms with Gasteiger partial charge < -0.3 is 10.1 Å². The van der Waals surface area contributed by atoms with Gasteiger partial charge >= 0.3 is 12.0 Å². The van der Waals surface area contributed by atoms with Crippen LogP contribution in [-0.2, 0) is 16.1 Å². The molecule has 2 aromatic carbocycles. The Kier molecular flexibility index (Phi) is 9.27. The number of carbonyl (C=O) groups is 2. The number of piperazine rings is 1. The molecule has 37 heavy (non-hydrogen) atoms. The second-order valence-electron chi connectivity index (χ2n) is 9.07. The molecule has 2 amide bonds. The van der Waals surface area contributed by atoms with Gasteiger partial charge in [0.05, 0.1) is 18.2 Å². The molecule has 2 aromatic rings. The molecule has 0 unspecified atom stereocenters. The maximum Gasteiger partial charge on any atom is 0.338 e. The van der Waals surface area contributed by atoms with Crippen molar-refractivity contribution in [3.8, 4) is 0 Å². The summed E-state index contributed by atoms with van der Waals surface area (Å²) in [4.78, 5) is 32.9. The molecule has 7 nitrogen and oxygen atoms in total. The van der Waals surface area contributed by atoms with E-state index >= 15 is 0 Å². The summed E-state index contributed by atoms with van der Waals surface area (Å²) < 4.78 is 5.46. The van der Waals surface area contributed by atoms with Crippen LogP contribution in [0.25, 0.3) is 0 Å². The summed E-state index contributed by atoms with van der Waals surface area (Å²) in [6, 6.07) is 14.4. The fourth-order valence-corrected chi connectivity index (χ4v) is 5.29. The van der Waals surface area contributed by atoms with Crippen molar-refractivity contribution in [1.29, 1.82) is 0 Å². The molecule has 0 aromatic heterocycles. The van der Waals surface area contributed by atoms with E-state index in [-0.39, 0.29) is 19.2 Å². The summed E-state index contributed by atoms with van der Waals surface area (Å²) in [6.07, 6.45) is 1.65. The Morgan fingerprint density at radius 3 is 2.38 bits per heavy atom. The van der Waals surface area contributed by atoms with Crippen LogP contribution >= 0.6 is 23.2 Å². The number of amides is 2. The molecule has 1 fully saturated rings. The van der Waals surface area contributed by atoms with Gasteiger partial charge in [-0.05, 0) is 30.2 Å². The monoisotopic (exact) mass is 542 g/mol. The molecule has 0 bridgehead atoms. The molecule has 2 aliphatic heterocycles. The van der Waals surface area contributed by atoms with Crippen LogP contribution in [0, 0.1) is 0 Å². The van der Waals surface area contributed by atoms with E-state index in [1.807, 2.05) is 6.07 Å². The van der Waals surface area contributed by atoms with Gasteiger partial charge in [0, 0.05) is 61.6 Å². The highest BCUT2D eigenvalue weighted by atomic mass is 35.5. The molecule has 4 rings (SSSR count). The van der Waals surface area contributed by atoms with Gasteiger partial charge in [-0.15, -0.1) is 6.58 Å². The maximum absolute atomic E-state index is 13.3. The molecule has 0 aliphatic carbocycles. The zero-order chi connectivity index (χ0) is 26.4. The minimum Gasteiger partial charge on any atom is -0.463 e. The highest BCUT2D eigenvalue weighted by Gasteiger charge is 2.39. The summed E-state index contributed by atoms with van der Waals surface area (Å²) >= 11 is 12.6. The molecule has 1 saturated heterocycles. The third-order valence-electron chi connectivity index (χ3n) is 6.61. The van der Waals surface area contributed by atoms with E-state index in [1.165, 1.54) is 5.56 Å². The smallest absolute Gasteiger partial charge is 0.338 e. The van der Waals surface area contributed by atoms with E-state index in [0.29, 0.717) is 33.4 Å². The van der Waals surface area contributed by atoms with E-state index in [0.717, 1.165) is 32.7 Å². The highest BCUT2D eigenvalue weighted by molar-refractivity contribution is 6.35. The Morgan fingerprint density at radius 2 is 1.76 bits per heavy atom. The van der Waals surface area contributed by atoms with E-state index in [2.05, 4.69) is 46.0 Å². The zero-order valence-electron chi connectivity index (χ0n) is 21.0. The molecular formula is C28H32Cl2N4O3. The van der Waals surface area contributed by atoms with Crippen molar-refractivity contribution in [2.24, 2.45) is 0 Å². The van der Waals surface area contributed by atoms with Crippen molar-refractivity contribution in [3.63, 3.8) is 0 Å². The van der Waals surface area contributed by atoms with Gasteiger partial charge in [0.15, 0.2) is 0 Å². The van der Waals surface area contributed by atoms with Crippen LogP contribution in [0.3, 0.4) is 0 Å². The molecule has 2 aliphatic rings. The quantitative estimate of drug-likeness (QED) is 0.361. The summed E-state index contributed by atoms with van der Waals surface area (Å²) in [7, 11) is 0. The number of benzene rings is 2. The molecule has 2 heterocycles. The topological polar surface area (TPSA) is 65.1 Å². The second kappa shape index (κ2) is 12.6. The average molecular weight is 543 g/mol. The van der Waals surface area contributed by atoms with E-state index < -0.39 is 12.0 Å². The molecular weight excluding hydrogens is 511 g/mol. The first-order valence-corrected chi connectivity index (χ1v) is 13.2. The number of carbonyl (C=O) groups excluding carboxylic acids is 2. The number of ether oxygens (including phenoxy) is 1. The molecule has 1 atom stereocenters. The number of urea groups is 1. The minimum atomic E-state index is -0.758. The summed E-state index contributed by atoms with van der Waals surface area (Å²) in [5.74, 6) is -0.481. The largest absolute Gasteiger partial charge is 0.463 e. The number of hydrogen-bond donors (Lipinski definition) is 1. The van der Waals surface area contributed by atoms with Crippen LogP contribution in [0.15, 0.2) is 72.5 Å². The predicted molar refractivity (Wildman–Crippen MR) is 146 cm³/mol. The highest BCUT2D eigenvalue weighted by Crippen LogP contribution is 2.36. The lowest BCUT2D eigenvalue weighted by Crippen LogP contribution is -2.53. The van der Waals surface area contributed by atoms with Crippen molar-refractivity contribution < 1.29 is 14.3 Å². The number of hydrogen-bond acceptors (Lipinski definition) is 5. The fraction of sp³-hybridized carbons (Fsp3) is 0.357. The van der Waals surface area contributed by atoms with Crippen LogP contribution in [0.4, 0.5) is 4.79 Å². The Balaban J connectivity index is 1.63. The zero-order valence-corrected chi connectivity index (χ0v) is 22.5. The Bertz CT molecular complexity index is 1160. The van der Waals surface area contributed by atoms with Crippen LogP contribution in [-0.4, -0.2) is 72.6 Å². The van der Waals surface area contributed by atoms with E-state index in [4.69, 9.17) is 27.9 Å². The van der Waals surface area contributed by atoms with Crippen LogP contribution in [0.2, 0.25) is 10.0 Å². The minimum absolute atomic E-state index is 0.213. The first-order chi connectivity index (χ1) is 17.9. The Morgan fingerprint density at radius 1 is 1.08 bits per heavy atom. The molecule has 196 valence electrons. The third kappa shape index (κ3) is 6.54. The van der Waals surface area contributed by atoms with Gasteiger partial charge in [-0.2, -0.15) is 0 Å².